The second-order valence-electron chi connectivity index (χ2n) is 25.6. The number of hydrogen-bond acceptors (Lipinski definition) is 25. The zero-order valence-electron chi connectivity index (χ0n) is 57.3. The minimum absolute atomic E-state index is 0.00449. The van der Waals surface area contributed by atoms with Crippen LogP contribution >= 0.6 is 0 Å². The van der Waals surface area contributed by atoms with Crippen molar-refractivity contribution in [1.82, 2.24) is 0 Å². The van der Waals surface area contributed by atoms with E-state index in [1.807, 2.05) is 78.9 Å². The number of azide groups is 2. The summed E-state index contributed by atoms with van der Waals surface area (Å²) >= 11 is 0. The van der Waals surface area contributed by atoms with Gasteiger partial charge < -0.3 is 112 Å². The molecule has 5 aliphatic rings. The zero-order valence-corrected chi connectivity index (χ0v) is 57.3. The molecule has 31 heteroatoms. The number of aliphatic hydroxyl groups excluding tert-OH is 5. The van der Waals surface area contributed by atoms with Gasteiger partial charge in [0, 0.05) is 22.9 Å². The number of aliphatic carboxylic acids is 2. The van der Waals surface area contributed by atoms with Crippen molar-refractivity contribution in [3.05, 3.63) is 236 Å². The number of carboxylic acids is 2. The average Bonchev–Trinajstić information content (AvgIpc) is 0.759. The summed E-state index contributed by atoms with van der Waals surface area (Å²) in [6.45, 7) is -1.42. The molecule has 7 N–H and O–H groups in total. The van der Waals surface area contributed by atoms with Gasteiger partial charge in [-0.05, 0) is 44.4 Å². The lowest BCUT2D eigenvalue weighted by atomic mass is 9.91. The molecule has 5 saturated heterocycles. The van der Waals surface area contributed by atoms with E-state index >= 15 is 0 Å². The van der Waals surface area contributed by atoms with Gasteiger partial charge in [-0.1, -0.05) is 199 Å². The van der Waals surface area contributed by atoms with Gasteiger partial charge in [0.15, 0.2) is 43.7 Å². The number of aliphatic hydroxyl groups is 5. The first-order chi connectivity index (χ1) is 51.2. The Bertz CT molecular complexity index is 3720. The zero-order chi connectivity index (χ0) is 73.8. The van der Waals surface area contributed by atoms with E-state index < -0.39 is 185 Å². The fourth-order valence-corrected chi connectivity index (χ4v) is 13.4. The highest BCUT2D eigenvalue weighted by Crippen LogP contribution is 2.41. The second kappa shape index (κ2) is 38.5. The van der Waals surface area contributed by atoms with E-state index in [0.29, 0.717) is 22.3 Å². The minimum Gasteiger partial charge on any atom is -0.479 e. The first kappa shape index (κ1) is 78.1. The van der Waals surface area contributed by atoms with Crippen molar-refractivity contribution >= 4 is 11.9 Å². The highest BCUT2D eigenvalue weighted by molar-refractivity contribution is 5.74. The van der Waals surface area contributed by atoms with Gasteiger partial charge in [0.1, 0.15) is 91.4 Å². The van der Waals surface area contributed by atoms with Crippen molar-refractivity contribution in [2.75, 3.05) is 26.9 Å². The Morgan fingerprint density at radius 1 is 0.371 bits per heavy atom. The average molecular weight is 1460 g/mol. The van der Waals surface area contributed by atoms with Gasteiger partial charge in [0.2, 0.25) is 0 Å². The van der Waals surface area contributed by atoms with E-state index in [1.165, 1.54) is 7.11 Å². The van der Waals surface area contributed by atoms with Gasteiger partial charge in [-0.2, -0.15) is 0 Å². The Balaban J connectivity index is 0.909. The molecule has 0 saturated carbocycles. The number of nitrogens with zero attached hydrogens (tertiary/aromatic N) is 6. The quantitative estimate of drug-likeness (QED) is 0.0135. The molecule has 11 rings (SSSR count). The van der Waals surface area contributed by atoms with Crippen molar-refractivity contribution in [2.24, 2.45) is 16.1 Å². The van der Waals surface area contributed by atoms with Gasteiger partial charge >= 0.3 is 11.9 Å². The first-order valence-corrected chi connectivity index (χ1v) is 34.3. The number of carbonyl (C=O) groups is 2. The molecule has 5 aliphatic heterocycles. The molecule has 5 heterocycles. The molecule has 0 spiro atoms. The number of hydrogen-bond donors (Lipinski definition) is 7. The van der Waals surface area contributed by atoms with Crippen LogP contribution in [-0.4, -0.2) is 222 Å². The molecule has 31 nitrogen and oxygen atoms in total. The van der Waals surface area contributed by atoms with Crippen LogP contribution in [0.1, 0.15) is 40.3 Å². The molecule has 6 aromatic carbocycles. The molecular weight excluding hydrogens is 1370 g/mol. The molecule has 25 atom stereocenters. The van der Waals surface area contributed by atoms with E-state index in [-0.39, 0.29) is 39.6 Å². The van der Waals surface area contributed by atoms with Crippen molar-refractivity contribution in [2.45, 2.75) is 194 Å². The summed E-state index contributed by atoms with van der Waals surface area (Å²) in [4.78, 5) is 34.0. The van der Waals surface area contributed by atoms with Crippen molar-refractivity contribution in [3.63, 3.8) is 0 Å². The van der Waals surface area contributed by atoms with Crippen molar-refractivity contribution in [1.29, 1.82) is 0 Å². The molecule has 562 valence electrons. The molecule has 0 aromatic heterocycles. The lowest BCUT2D eigenvalue weighted by molar-refractivity contribution is -0.383. The summed E-state index contributed by atoms with van der Waals surface area (Å²) < 4.78 is 103. The monoisotopic (exact) mass is 1460 g/mol. The van der Waals surface area contributed by atoms with E-state index in [2.05, 4.69) is 20.1 Å². The van der Waals surface area contributed by atoms with E-state index in [1.54, 1.807) is 110 Å². The normalized spacial score (nSPS) is 33.3. The Kier molecular flexibility index (Phi) is 28.7. The number of benzene rings is 6. The van der Waals surface area contributed by atoms with Crippen LogP contribution in [0.4, 0.5) is 0 Å². The maximum Gasteiger partial charge on any atom is 0.335 e. The maximum atomic E-state index is 14.1. The van der Waals surface area contributed by atoms with Gasteiger partial charge in [-0.3, -0.25) is 0 Å². The van der Waals surface area contributed by atoms with Gasteiger partial charge in [0.05, 0.1) is 71.7 Å². The SMILES string of the molecule is CO[C@@H]1OC(CO)[C@H](O[C@@H]2OC(C(=O)O)[C@H](O[C@@H]3OC(CO)[C@H](O[C@@H]4OC(C(=O)O)[C@H](O[C@@H]5OC(CO)[C@H](OCc6ccccc6)[C@H](OCc6ccccc6)C5N=[N+]=[N-])[C@H](OCc5ccccc5)C4OCc4ccccc4)C(O)[C@H]3N=[N+]=[N-])[C@@H](OCc3ccccc3)C2O)C(OCc2ccccc2)[C@H]1C. The summed E-state index contributed by atoms with van der Waals surface area (Å²) in [5, 5.41) is 89.1. The van der Waals surface area contributed by atoms with E-state index in [0.717, 1.165) is 11.1 Å². The van der Waals surface area contributed by atoms with Crippen LogP contribution in [0.3, 0.4) is 0 Å². The van der Waals surface area contributed by atoms with E-state index in [4.69, 9.17) is 75.8 Å². The molecule has 0 amide bonds. The molecule has 0 aliphatic carbocycles. The molecule has 105 heavy (non-hydrogen) atoms. The molecule has 5 fully saturated rings. The van der Waals surface area contributed by atoms with Crippen LogP contribution in [0.5, 0.6) is 0 Å². The first-order valence-electron chi connectivity index (χ1n) is 34.3. The Morgan fingerprint density at radius 3 is 1.11 bits per heavy atom. The van der Waals surface area contributed by atoms with Gasteiger partial charge in [-0.25, -0.2) is 9.59 Å². The molecule has 6 aromatic rings. The smallest absolute Gasteiger partial charge is 0.335 e. The Labute approximate surface area is 604 Å². The standard InChI is InChI=1S/C74H86N6O25/c1-42-56(91-36-43-21-9-3-10-22-43)59(51(35-83)97-70(42)90-2)101-73-55(85)61(94-39-46-27-15-6-16-28-46)63(65(104-73)68(86)87)102-71-52(77-79-75)54(84)57(49(33-81)98-71)100-74-67(96-41-48-31-19-8-20-32-48)62(95-40-47-29-17-7-18-30-47)64(66(105-74)69(88)89)103-72-53(78-80-76)60(93-38-45-25-13-5-14-26-45)58(50(34-82)99-72)92-37-44-23-11-4-12-24-44/h3-32,42,49-67,70-74,81-85H,33-41H2,1-2H3,(H,86,87)(H,88,89)/t42-,49?,50?,51?,52-,53?,54?,55?,56?,57+,58+,59+,60-,61+,62+,63-,64-,65?,66?,67?,70-,71+,72+,73-,74-/m1/s1. The largest absolute Gasteiger partial charge is 0.479 e. The maximum absolute atomic E-state index is 14.1. The summed E-state index contributed by atoms with van der Waals surface area (Å²) in [6.07, 6.45) is -36.5. The van der Waals surface area contributed by atoms with Gasteiger partial charge in [-0.15, -0.1) is 0 Å². The minimum atomic E-state index is -2.16. The van der Waals surface area contributed by atoms with Crippen LogP contribution in [-0.2, 0) is 125 Å². The van der Waals surface area contributed by atoms with Crippen LogP contribution in [0, 0.1) is 5.92 Å². The fraction of sp³-hybridized carbons (Fsp3) is 0.486. The summed E-state index contributed by atoms with van der Waals surface area (Å²) in [5.74, 6) is -3.96. The van der Waals surface area contributed by atoms with Gasteiger partial charge in [0.25, 0.3) is 0 Å². The molecule has 0 bridgehead atoms. The molecule has 0 radical (unpaired) electrons. The fourth-order valence-electron chi connectivity index (χ4n) is 13.4. The van der Waals surface area contributed by atoms with Crippen LogP contribution < -0.4 is 0 Å². The van der Waals surface area contributed by atoms with Crippen LogP contribution in [0.25, 0.3) is 20.9 Å². The van der Waals surface area contributed by atoms with Crippen LogP contribution in [0.2, 0.25) is 0 Å². The van der Waals surface area contributed by atoms with Crippen molar-refractivity contribution < 1.29 is 121 Å². The highest BCUT2D eigenvalue weighted by Gasteiger charge is 2.60. The third-order valence-corrected chi connectivity index (χ3v) is 18.7. The molecule has 10 unspecified atom stereocenters. The molecular formula is C74H86N6O25. The highest BCUT2D eigenvalue weighted by atomic mass is 16.8. The van der Waals surface area contributed by atoms with Crippen molar-refractivity contribution in [3.8, 4) is 0 Å². The summed E-state index contributed by atoms with van der Waals surface area (Å²) in [5.41, 5.74) is 24.6. The van der Waals surface area contributed by atoms with Crippen LogP contribution in [0.15, 0.2) is 192 Å². The Morgan fingerprint density at radius 2 is 0.695 bits per heavy atom. The lowest BCUT2D eigenvalue weighted by Crippen LogP contribution is -2.68. The topological polar surface area (TPSA) is 421 Å². The number of rotatable bonds is 34. The predicted octanol–water partition coefficient (Wildman–Crippen LogP) is 6.17. The third-order valence-electron chi connectivity index (χ3n) is 18.7. The predicted molar refractivity (Wildman–Crippen MR) is 363 cm³/mol. The lowest BCUT2D eigenvalue weighted by Gasteiger charge is -2.51. The third kappa shape index (κ3) is 19.6. The number of ether oxygens (including phenoxy) is 16. The van der Waals surface area contributed by atoms with E-state index in [9.17, 15) is 56.4 Å². The number of methoxy groups -OCH3 is 1. The number of carboxylic acid groups (broad SMARTS) is 2. The summed E-state index contributed by atoms with van der Waals surface area (Å²) in [6, 6.07) is 50.0. The summed E-state index contributed by atoms with van der Waals surface area (Å²) in [7, 11) is 1.42. The second-order valence-corrected chi connectivity index (χ2v) is 25.6. The Hall–Kier alpha value is -7.96.